The van der Waals surface area contributed by atoms with Gasteiger partial charge in [-0.25, -0.2) is 0 Å². The summed E-state index contributed by atoms with van der Waals surface area (Å²) >= 11 is 5.88. The fourth-order valence-corrected chi connectivity index (χ4v) is 1.95. The lowest BCUT2D eigenvalue weighted by atomic mass is 9.97. The van der Waals surface area contributed by atoms with Gasteiger partial charge in [-0.15, -0.1) is 21.8 Å². The van der Waals surface area contributed by atoms with E-state index in [1.807, 2.05) is 0 Å². The molecule has 1 saturated carbocycles. The average Bonchev–Trinajstić information content (AvgIpc) is 2.96. The molecule has 1 aromatic heterocycles. The second kappa shape index (κ2) is 4.12. The van der Waals surface area contributed by atoms with E-state index in [4.69, 9.17) is 11.6 Å². The summed E-state index contributed by atoms with van der Waals surface area (Å²) in [5, 5.41) is 8.48. The van der Waals surface area contributed by atoms with Crippen molar-refractivity contribution in [1.29, 1.82) is 0 Å². The lowest BCUT2D eigenvalue weighted by molar-refractivity contribution is 0.481. The summed E-state index contributed by atoms with van der Waals surface area (Å²) in [4.78, 5) is 0. The maximum absolute atomic E-state index is 5.88. The second-order valence-electron chi connectivity index (χ2n) is 4.74. The molecule has 4 heteroatoms. The van der Waals surface area contributed by atoms with E-state index in [1.165, 1.54) is 12.8 Å². The Morgan fingerprint density at radius 3 is 2.47 bits per heavy atom. The molecule has 2 rings (SSSR count). The molecule has 1 atom stereocenters. The van der Waals surface area contributed by atoms with Crippen LogP contribution in [0.25, 0.3) is 0 Å². The molecule has 1 fully saturated rings. The first-order chi connectivity index (χ1) is 7.15. The van der Waals surface area contributed by atoms with Crippen LogP contribution in [0.2, 0.25) is 0 Å². The van der Waals surface area contributed by atoms with Crippen LogP contribution in [0.5, 0.6) is 0 Å². The standard InChI is InChI=1S/C11H18ClN3/c1-7(2)8(3)11-14-13-10(6-12)15(11)9-4-5-9/h7-9H,4-6H2,1-3H3. The Hall–Kier alpha value is -0.570. The van der Waals surface area contributed by atoms with Crippen molar-refractivity contribution >= 4 is 11.6 Å². The summed E-state index contributed by atoms with van der Waals surface area (Å²) < 4.78 is 2.26. The lowest BCUT2D eigenvalue weighted by Crippen LogP contribution is -2.12. The molecular weight excluding hydrogens is 210 g/mol. The van der Waals surface area contributed by atoms with Crippen molar-refractivity contribution in [3.8, 4) is 0 Å². The molecule has 84 valence electrons. The third kappa shape index (κ3) is 2.03. The topological polar surface area (TPSA) is 30.7 Å². The maximum atomic E-state index is 5.88. The highest BCUT2D eigenvalue weighted by Gasteiger charge is 2.31. The van der Waals surface area contributed by atoms with Crippen LogP contribution in [0.15, 0.2) is 0 Å². The zero-order valence-corrected chi connectivity index (χ0v) is 10.3. The van der Waals surface area contributed by atoms with Crippen molar-refractivity contribution in [2.75, 3.05) is 0 Å². The summed E-state index contributed by atoms with van der Waals surface area (Å²) in [5.41, 5.74) is 0. The molecule has 1 aliphatic rings. The Labute approximate surface area is 95.8 Å². The first-order valence-corrected chi connectivity index (χ1v) is 6.18. The smallest absolute Gasteiger partial charge is 0.148 e. The molecule has 0 N–H and O–H groups in total. The van der Waals surface area contributed by atoms with E-state index in [1.54, 1.807) is 0 Å². The highest BCUT2D eigenvalue weighted by Crippen LogP contribution is 2.39. The van der Waals surface area contributed by atoms with Crippen molar-refractivity contribution in [2.24, 2.45) is 5.92 Å². The molecule has 1 unspecified atom stereocenters. The van der Waals surface area contributed by atoms with Gasteiger partial charge in [0.2, 0.25) is 0 Å². The molecule has 0 aliphatic heterocycles. The first-order valence-electron chi connectivity index (χ1n) is 5.64. The lowest BCUT2D eigenvalue weighted by Gasteiger charge is -2.16. The Morgan fingerprint density at radius 2 is 2.00 bits per heavy atom. The number of nitrogens with zero attached hydrogens (tertiary/aromatic N) is 3. The Morgan fingerprint density at radius 1 is 1.33 bits per heavy atom. The molecule has 0 saturated heterocycles. The van der Waals surface area contributed by atoms with E-state index in [-0.39, 0.29) is 0 Å². The van der Waals surface area contributed by atoms with E-state index < -0.39 is 0 Å². The van der Waals surface area contributed by atoms with Crippen LogP contribution < -0.4 is 0 Å². The summed E-state index contributed by atoms with van der Waals surface area (Å²) in [6.07, 6.45) is 2.50. The molecule has 1 aromatic rings. The summed E-state index contributed by atoms with van der Waals surface area (Å²) in [5.74, 6) is 3.56. The molecule has 0 radical (unpaired) electrons. The highest BCUT2D eigenvalue weighted by atomic mass is 35.5. The Bertz CT molecular complexity index is 342. The molecule has 0 amide bonds. The monoisotopic (exact) mass is 227 g/mol. The molecule has 1 heterocycles. The van der Waals surface area contributed by atoms with Crippen molar-refractivity contribution in [3.63, 3.8) is 0 Å². The van der Waals surface area contributed by atoms with Gasteiger partial charge in [0.05, 0.1) is 5.88 Å². The number of hydrogen-bond donors (Lipinski definition) is 0. The first kappa shape index (κ1) is 10.9. The number of aromatic nitrogens is 3. The fraction of sp³-hybridized carbons (Fsp3) is 0.818. The Balaban J connectivity index is 2.33. The molecule has 1 aliphatic carbocycles. The van der Waals surface area contributed by atoms with E-state index in [2.05, 4.69) is 35.5 Å². The van der Waals surface area contributed by atoms with Crippen LogP contribution in [0.1, 0.15) is 57.2 Å². The third-order valence-electron chi connectivity index (χ3n) is 3.23. The van der Waals surface area contributed by atoms with Crippen molar-refractivity contribution in [3.05, 3.63) is 11.6 Å². The predicted molar refractivity (Wildman–Crippen MR) is 61.1 cm³/mol. The fourth-order valence-electron chi connectivity index (χ4n) is 1.77. The van der Waals surface area contributed by atoms with Crippen LogP contribution in [0.3, 0.4) is 0 Å². The molecule has 15 heavy (non-hydrogen) atoms. The van der Waals surface area contributed by atoms with Crippen LogP contribution >= 0.6 is 11.6 Å². The Kier molecular flexibility index (Phi) is 3.01. The van der Waals surface area contributed by atoms with Gasteiger partial charge in [-0.1, -0.05) is 20.8 Å². The number of alkyl halides is 1. The van der Waals surface area contributed by atoms with Crippen LogP contribution in [0, 0.1) is 5.92 Å². The van der Waals surface area contributed by atoms with E-state index in [0.29, 0.717) is 23.8 Å². The molecule has 3 nitrogen and oxygen atoms in total. The molecular formula is C11H18ClN3. The number of rotatable bonds is 4. The minimum atomic E-state index is 0.454. The van der Waals surface area contributed by atoms with Gasteiger partial charge in [0.15, 0.2) is 0 Å². The quantitative estimate of drug-likeness (QED) is 0.740. The largest absolute Gasteiger partial charge is 0.311 e. The normalized spacial score (nSPS) is 18.5. The van der Waals surface area contributed by atoms with Gasteiger partial charge in [0, 0.05) is 12.0 Å². The zero-order chi connectivity index (χ0) is 11.0. The van der Waals surface area contributed by atoms with Gasteiger partial charge in [0.1, 0.15) is 11.6 Å². The van der Waals surface area contributed by atoms with Crippen LogP contribution in [0.4, 0.5) is 0 Å². The molecule has 0 aromatic carbocycles. The zero-order valence-electron chi connectivity index (χ0n) is 9.57. The summed E-state index contributed by atoms with van der Waals surface area (Å²) in [6.45, 7) is 6.65. The van der Waals surface area contributed by atoms with Gasteiger partial charge < -0.3 is 4.57 Å². The minimum absolute atomic E-state index is 0.454. The minimum Gasteiger partial charge on any atom is -0.311 e. The SMILES string of the molecule is CC(C)C(C)c1nnc(CCl)n1C1CC1. The van der Waals surface area contributed by atoms with Gasteiger partial charge >= 0.3 is 0 Å². The van der Waals surface area contributed by atoms with Crippen LogP contribution in [-0.4, -0.2) is 14.8 Å². The van der Waals surface area contributed by atoms with E-state index in [0.717, 1.165) is 11.6 Å². The van der Waals surface area contributed by atoms with Gasteiger partial charge in [-0.2, -0.15) is 0 Å². The van der Waals surface area contributed by atoms with Crippen molar-refractivity contribution in [2.45, 2.75) is 51.5 Å². The number of halogens is 1. The van der Waals surface area contributed by atoms with Gasteiger partial charge in [0.25, 0.3) is 0 Å². The summed E-state index contributed by atoms with van der Waals surface area (Å²) in [7, 11) is 0. The number of hydrogen-bond acceptors (Lipinski definition) is 2. The van der Waals surface area contributed by atoms with E-state index >= 15 is 0 Å². The summed E-state index contributed by atoms with van der Waals surface area (Å²) in [6, 6.07) is 0.616. The molecule has 0 bridgehead atoms. The highest BCUT2D eigenvalue weighted by molar-refractivity contribution is 6.16. The maximum Gasteiger partial charge on any atom is 0.148 e. The van der Waals surface area contributed by atoms with E-state index in [9.17, 15) is 0 Å². The van der Waals surface area contributed by atoms with Crippen molar-refractivity contribution in [1.82, 2.24) is 14.8 Å². The van der Waals surface area contributed by atoms with Gasteiger partial charge in [-0.05, 0) is 18.8 Å². The van der Waals surface area contributed by atoms with Crippen molar-refractivity contribution < 1.29 is 0 Å². The third-order valence-corrected chi connectivity index (χ3v) is 3.47. The molecule has 0 spiro atoms. The van der Waals surface area contributed by atoms with Gasteiger partial charge in [-0.3, -0.25) is 0 Å². The second-order valence-corrected chi connectivity index (χ2v) is 5.01. The predicted octanol–water partition coefficient (Wildman–Crippen LogP) is 3.11. The average molecular weight is 228 g/mol. The van der Waals surface area contributed by atoms with Crippen LogP contribution in [-0.2, 0) is 5.88 Å².